The van der Waals surface area contributed by atoms with Crippen LogP contribution < -0.4 is 11.1 Å². The zero-order chi connectivity index (χ0) is 15.1. The predicted molar refractivity (Wildman–Crippen MR) is 83.0 cm³/mol. The Bertz CT molecular complexity index is 451. The van der Waals surface area contributed by atoms with Crippen molar-refractivity contribution in [2.45, 2.75) is 32.7 Å². The van der Waals surface area contributed by atoms with Crippen LogP contribution in [-0.2, 0) is 0 Å². The normalized spacial score (nSPS) is 11.1. The Hall–Kier alpha value is -1.33. The molecule has 0 aliphatic heterocycles. The number of unbranched alkanes of at least 4 members (excludes halogenated alkanes) is 1. The van der Waals surface area contributed by atoms with Gasteiger partial charge in [-0.1, -0.05) is 11.6 Å². The highest BCUT2D eigenvalue weighted by molar-refractivity contribution is 6.33. The number of carbonyl (C=O) groups excluding carboxylic acids is 1. The molecule has 0 bridgehead atoms. The lowest BCUT2D eigenvalue weighted by molar-refractivity contribution is 0.0952. The minimum absolute atomic E-state index is 0.207. The first-order valence-electron chi connectivity index (χ1n) is 6.81. The van der Waals surface area contributed by atoms with Gasteiger partial charge in [-0.3, -0.25) is 4.79 Å². The first kappa shape index (κ1) is 16.7. The van der Waals surface area contributed by atoms with Gasteiger partial charge in [-0.15, -0.1) is 0 Å². The number of amides is 1. The maximum atomic E-state index is 11.9. The monoisotopic (exact) mass is 298 g/mol. The maximum absolute atomic E-state index is 11.9. The summed E-state index contributed by atoms with van der Waals surface area (Å²) in [6.07, 6.45) is 3.37. The first-order chi connectivity index (χ1) is 9.41. The zero-order valence-electron chi connectivity index (χ0n) is 12.3. The van der Waals surface area contributed by atoms with Crippen molar-refractivity contribution >= 4 is 23.3 Å². The number of anilines is 1. The molecule has 0 saturated heterocycles. The highest BCUT2D eigenvalue weighted by Crippen LogP contribution is 2.16. The summed E-state index contributed by atoms with van der Waals surface area (Å²) < 4.78 is 0. The summed E-state index contributed by atoms with van der Waals surface area (Å²) in [4.78, 5) is 18.0. The van der Waals surface area contributed by atoms with Gasteiger partial charge in [0.25, 0.3) is 5.91 Å². The lowest BCUT2D eigenvalue weighted by Gasteiger charge is -2.20. The van der Waals surface area contributed by atoms with Crippen molar-refractivity contribution in [1.29, 1.82) is 0 Å². The van der Waals surface area contributed by atoms with E-state index >= 15 is 0 Å². The van der Waals surface area contributed by atoms with Gasteiger partial charge in [0.2, 0.25) is 0 Å². The number of nitrogens with zero attached hydrogens (tertiary/aromatic N) is 2. The molecule has 0 aliphatic carbocycles. The molecule has 0 unspecified atom stereocenters. The van der Waals surface area contributed by atoms with Crippen molar-refractivity contribution in [3.05, 3.63) is 22.8 Å². The molecule has 0 aliphatic rings. The highest BCUT2D eigenvalue weighted by Gasteiger charge is 2.10. The van der Waals surface area contributed by atoms with Crippen LogP contribution >= 0.6 is 11.6 Å². The van der Waals surface area contributed by atoms with Gasteiger partial charge in [0.05, 0.1) is 10.6 Å². The van der Waals surface area contributed by atoms with E-state index in [1.807, 2.05) is 0 Å². The number of carbonyl (C=O) groups is 1. The summed E-state index contributed by atoms with van der Waals surface area (Å²) in [5.41, 5.74) is 5.92. The second kappa shape index (κ2) is 8.07. The molecular weight excluding hydrogens is 276 g/mol. The number of nitrogen functional groups attached to an aromatic ring is 1. The molecule has 0 atom stereocenters. The molecule has 0 spiro atoms. The van der Waals surface area contributed by atoms with Crippen molar-refractivity contribution in [3.63, 3.8) is 0 Å². The van der Waals surface area contributed by atoms with Crippen molar-refractivity contribution in [1.82, 2.24) is 15.2 Å². The van der Waals surface area contributed by atoms with E-state index in [0.717, 1.165) is 19.4 Å². The van der Waals surface area contributed by atoms with Gasteiger partial charge >= 0.3 is 0 Å². The largest absolute Gasteiger partial charge is 0.384 e. The summed E-state index contributed by atoms with van der Waals surface area (Å²) in [7, 11) is 2.10. The number of halogens is 1. The fourth-order valence-corrected chi connectivity index (χ4v) is 1.86. The topological polar surface area (TPSA) is 71.2 Å². The molecule has 0 radical (unpaired) electrons. The van der Waals surface area contributed by atoms with E-state index < -0.39 is 0 Å². The van der Waals surface area contributed by atoms with Crippen molar-refractivity contribution in [2.75, 3.05) is 25.9 Å². The average Bonchev–Trinajstić information content (AvgIpc) is 2.40. The van der Waals surface area contributed by atoms with Crippen LogP contribution in [0.1, 0.15) is 37.0 Å². The molecule has 0 fully saturated rings. The Morgan fingerprint density at radius 1 is 1.50 bits per heavy atom. The molecule has 0 aromatic carbocycles. The number of aromatic nitrogens is 1. The molecule has 0 saturated carbocycles. The van der Waals surface area contributed by atoms with E-state index in [-0.39, 0.29) is 11.7 Å². The van der Waals surface area contributed by atoms with Crippen LogP contribution in [0.2, 0.25) is 5.02 Å². The molecular formula is C14H23ClN4O. The molecule has 20 heavy (non-hydrogen) atoms. The predicted octanol–water partition coefficient (Wildman–Crippen LogP) is 2.17. The van der Waals surface area contributed by atoms with Crippen LogP contribution in [0, 0.1) is 0 Å². The molecule has 1 aromatic heterocycles. The summed E-state index contributed by atoms with van der Waals surface area (Å²) in [6.45, 7) is 5.98. The van der Waals surface area contributed by atoms with E-state index in [2.05, 4.69) is 36.1 Å². The Labute approximate surface area is 125 Å². The Balaban J connectivity index is 2.32. The van der Waals surface area contributed by atoms with Crippen LogP contribution in [0.25, 0.3) is 0 Å². The lowest BCUT2D eigenvalue weighted by atomic mass is 10.2. The number of nitrogens with one attached hydrogen (secondary N) is 1. The Kier molecular flexibility index (Phi) is 6.75. The van der Waals surface area contributed by atoms with Gasteiger partial charge in [-0.05, 0) is 46.3 Å². The standard InChI is InChI=1S/C14H23ClN4O/c1-10(2)19(3)7-5-4-6-17-14(20)11-8-13(16)18-9-12(11)15/h8-10H,4-7H2,1-3H3,(H2,16,18)(H,17,20). The number of nitrogens with two attached hydrogens (primary N) is 1. The van der Waals surface area contributed by atoms with Gasteiger partial charge in [0, 0.05) is 18.8 Å². The minimum atomic E-state index is -0.207. The quantitative estimate of drug-likeness (QED) is 0.757. The summed E-state index contributed by atoms with van der Waals surface area (Å²) in [5.74, 6) is 0.0828. The molecule has 1 rings (SSSR count). The lowest BCUT2D eigenvalue weighted by Crippen LogP contribution is -2.29. The third-order valence-electron chi connectivity index (χ3n) is 3.23. The van der Waals surface area contributed by atoms with E-state index in [1.165, 1.54) is 12.3 Å². The van der Waals surface area contributed by atoms with E-state index in [9.17, 15) is 4.79 Å². The minimum Gasteiger partial charge on any atom is -0.384 e. The first-order valence-corrected chi connectivity index (χ1v) is 7.19. The molecule has 1 amide bonds. The Morgan fingerprint density at radius 3 is 2.85 bits per heavy atom. The number of pyridine rings is 1. The summed E-state index contributed by atoms with van der Waals surface area (Å²) in [5, 5.41) is 3.16. The number of hydrogen-bond donors (Lipinski definition) is 2. The van der Waals surface area contributed by atoms with Crippen LogP contribution in [0.4, 0.5) is 5.82 Å². The van der Waals surface area contributed by atoms with Crippen LogP contribution in [0.5, 0.6) is 0 Å². The number of hydrogen-bond acceptors (Lipinski definition) is 4. The zero-order valence-corrected chi connectivity index (χ0v) is 13.1. The van der Waals surface area contributed by atoms with Gasteiger partial charge < -0.3 is 16.0 Å². The van der Waals surface area contributed by atoms with Crippen LogP contribution in [-0.4, -0.2) is 42.0 Å². The van der Waals surface area contributed by atoms with Gasteiger partial charge in [-0.2, -0.15) is 0 Å². The highest BCUT2D eigenvalue weighted by atomic mass is 35.5. The summed E-state index contributed by atoms with van der Waals surface area (Å²) >= 11 is 5.92. The molecule has 1 heterocycles. The molecule has 6 heteroatoms. The summed E-state index contributed by atoms with van der Waals surface area (Å²) in [6, 6.07) is 2.03. The van der Waals surface area contributed by atoms with Crippen molar-refractivity contribution < 1.29 is 4.79 Å². The Morgan fingerprint density at radius 2 is 2.20 bits per heavy atom. The third-order valence-corrected chi connectivity index (χ3v) is 3.53. The van der Waals surface area contributed by atoms with Crippen LogP contribution in [0.3, 0.4) is 0 Å². The van der Waals surface area contributed by atoms with E-state index in [0.29, 0.717) is 23.2 Å². The van der Waals surface area contributed by atoms with E-state index in [4.69, 9.17) is 17.3 Å². The van der Waals surface area contributed by atoms with Crippen LogP contribution in [0.15, 0.2) is 12.3 Å². The smallest absolute Gasteiger partial charge is 0.252 e. The number of rotatable bonds is 7. The second-order valence-electron chi connectivity index (χ2n) is 5.13. The SMILES string of the molecule is CC(C)N(C)CCCCNC(=O)c1cc(N)ncc1Cl. The molecule has 3 N–H and O–H groups in total. The van der Waals surface area contributed by atoms with Crippen molar-refractivity contribution in [3.8, 4) is 0 Å². The van der Waals surface area contributed by atoms with Gasteiger partial charge in [0.1, 0.15) is 5.82 Å². The van der Waals surface area contributed by atoms with Gasteiger partial charge in [0.15, 0.2) is 0 Å². The maximum Gasteiger partial charge on any atom is 0.252 e. The van der Waals surface area contributed by atoms with Gasteiger partial charge in [-0.25, -0.2) is 4.98 Å². The fourth-order valence-electron chi connectivity index (χ4n) is 1.67. The molecule has 1 aromatic rings. The van der Waals surface area contributed by atoms with E-state index in [1.54, 1.807) is 0 Å². The van der Waals surface area contributed by atoms with Crippen molar-refractivity contribution in [2.24, 2.45) is 0 Å². The average molecular weight is 299 g/mol. The third kappa shape index (κ3) is 5.35. The molecule has 112 valence electrons. The molecule has 5 nitrogen and oxygen atoms in total. The fraction of sp³-hybridized carbons (Fsp3) is 0.571. The second-order valence-corrected chi connectivity index (χ2v) is 5.53.